The summed E-state index contributed by atoms with van der Waals surface area (Å²) in [5.74, 6) is 0. The molecule has 1 heterocycles. The van der Waals surface area contributed by atoms with E-state index in [0.29, 0.717) is 0 Å². The highest BCUT2D eigenvalue weighted by molar-refractivity contribution is 6.21. The van der Waals surface area contributed by atoms with Gasteiger partial charge in [0.15, 0.2) is 0 Å². The molecule has 0 bridgehead atoms. The molecule has 0 aliphatic heterocycles. The van der Waals surface area contributed by atoms with Crippen molar-refractivity contribution in [2.24, 2.45) is 7.05 Å². The van der Waals surface area contributed by atoms with E-state index in [1.165, 1.54) is 60.5 Å². The van der Waals surface area contributed by atoms with E-state index in [9.17, 15) is 0 Å². The van der Waals surface area contributed by atoms with Crippen LogP contribution in [0.2, 0.25) is 0 Å². The molecule has 2 nitrogen and oxygen atoms in total. The Labute approximate surface area is 194 Å². The topological polar surface area (TPSA) is 8.17 Å². The van der Waals surface area contributed by atoms with Crippen LogP contribution in [0.1, 0.15) is 0 Å². The molecule has 2 heteroatoms. The SMILES string of the molecule is CN(C)c1cccc(-c2cccc(-c3ccc4c5c6ccccc6ccc5n(C)c4c3)c2)c1. The number of aryl methyl sites for hydroxylation is 1. The van der Waals surface area contributed by atoms with Crippen LogP contribution < -0.4 is 4.90 Å². The highest BCUT2D eigenvalue weighted by Gasteiger charge is 2.12. The van der Waals surface area contributed by atoms with Crippen LogP contribution in [0.15, 0.2) is 103 Å². The minimum absolute atomic E-state index is 1.21. The van der Waals surface area contributed by atoms with Crippen molar-refractivity contribution in [3.63, 3.8) is 0 Å². The third kappa shape index (κ3) is 3.18. The number of fused-ring (bicyclic) bond motifs is 5. The van der Waals surface area contributed by atoms with E-state index >= 15 is 0 Å². The van der Waals surface area contributed by atoms with Gasteiger partial charge >= 0.3 is 0 Å². The van der Waals surface area contributed by atoms with E-state index in [4.69, 9.17) is 0 Å². The summed E-state index contributed by atoms with van der Waals surface area (Å²) >= 11 is 0. The molecule has 5 aromatic carbocycles. The quantitative estimate of drug-likeness (QED) is 0.279. The Hall–Kier alpha value is -4.04. The first kappa shape index (κ1) is 19.6. The minimum atomic E-state index is 1.21. The van der Waals surface area contributed by atoms with Crippen LogP contribution in [0.5, 0.6) is 0 Å². The van der Waals surface area contributed by atoms with Crippen molar-refractivity contribution in [2.75, 3.05) is 19.0 Å². The summed E-state index contributed by atoms with van der Waals surface area (Å²) < 4.78 is 2.32. The maximum atomic E-state index is 2.33. The zero-order valence-corrected chi connectivity index (χ0v) is 19.2. The molecule has 0 radical (unpaired) electrons. The van der Waals surface area contributed by atoms with Gasteiger partial charge in [-0.1, -0.05) is 72.8 Å². The fourth-order valence-corrected chi connectivity index (χ4v) is 4.99. The molecule has 33 heavy (non-hydrogen) atoms. The molecule has 0 saturated heterocycles. The predicted molar refractivity (Wildman–Crippen MR) is 143 cm³/mol. The lowest BCUT2D eigenvalue weighted by Gasteiger charge is -2.14. The maximum Gasteiger partial charge on any atom is 0.0495 e. The van der Waals surface area contributed by atoms with E-state index in [0.717, 1.165) is 0 Å². The van der Waals surface area contributed by atoms with Crippen molar-refractivity contribution < 1.29 is 0 Å². The molecule has 0 unspecified atom stereocenters. The average Bonchev–Trinajstić information content (AvgIpc) is 3.16. The van der Waals surface area contributed by atoms with E-state index < -0.39 is 0 Å². The lowest BCUT2D eigenvalue weighted by molar-refractivity contribution is 1.01. The second-order valence-electron chi connectivity index (χ2n) is 9.00. The fourth-order valence-electron chi connectivity index (χ4n) is 4.99. The Morgan fingerprint density at radius 3 is 2.03 bits per heavy atom. The van der Waals surface area contributed by atoms with Gasteiger partial charge in [-0.05, 0) is 63.4 Å². The Morgan fingerprint density at radius 2 is 1.24 bits per heavy atom. The fraction of sp³-hybridized carbons (Fsp3) is 0.0968. The third-order valence-corrected chi connectivity index (χ3v) is 6.79. The molecule has 1 aromatic heterocycles. The van der Waals surface area contributed by atoms with Crippen molar-refractivity contribution in [3.05, 3.63) is 103 Å². The molecule has 0 fully saturated rings. The molecular weight excluding hydrogens is 400 g/mol. The first-order chi connectivity index (χ1) is 16.1. The van der Waals surface area contributed by atoms with Crippen molar-refractivity contribution in [1.82, 2.24) is 4.57 Å². The number of hydrogen-bond donors (Lipinski definition) is 0. The summed E-state index contributed by atoms with van der Waals surface area (Å²) in [6.07, 6.45) is 0. The molecule has 0 saturated carbocycles. The van der Waals surface area contributed by atoms with Crippen molar-refractivity contribution >= 4 is 38.3 Å². The standard InChI is InChI=1S/C31H26N2/c1-32(2)26-12-7-11-24(19-26)22-9-6-10-23(18-22)25-14-16-28-30(20-25)33(3)29-17-15-21-8-4-5-13-27(21)31(28)29/h4-20H,1-3H3. The molecule has 6 aromatic rings. The van der Waals surface area contributed by atoms with Crippen LogP contribution in [0.25, 0.3) is 54.8 Å². The summed E-state index contributed by atoms with van der Waals surface area (Å²) in [5, 5.41) is 5.25. The van der Waals surface area contributed by atoms with Crippen LogP contribution in [0, 0.1) is 0 Å². The Morgan fingerprint density at radius 1 is 0.545 bits per heavy atom. The van der Waals surface area contributed by atoms with Crippen LogP contribution in [-0.4, -0.2) is 18.7 Å². The van der Waals surface area contributed by atoms with Crippen LogP contribution in [0.3, 0.4) is 0 Å². The van der Waals surface area contributed by atoms with Gasteiger partial charge in [0.25, 0.3) is 0 Å². The molecule has 0 N–H and O–H groups in total. The van der Waals surface area contributed by atoms with Crippen LogP contribution in [-0.2, 0) is 7.05 Å². The first-order valence-corrected chi connectivity index (χ1v) is 11.4. The summed E-state index contributed by atoms with van der Waals surface area (Å²) in [7, 11) is 6.34. The van der Waals surface area contributed by atoms with E-state index in [-0.39, 0.29) is 0 Å². The van der Waals surface area contributed by atoms with Gasteiger partial charge in [0, 0.05) is 48.6 Å². The van der Waals surface area contributed by atoms with E-state index in [1.807, 2.05) is 0 Å². The summed E-state index contributed by atoms with van der Waals surface area (Å²) in [5.41, 5.74) is 8.69. The van der Waals surface area contributed by atoms with Gasteiger partial charge in [-0.25, -0.2) is 0 Å². The second-order valence-corrected chi connectivity index (χ2v) is 9.00. The summed E-state index contributed by atoms with van der Waals surface area (Å²) in [6, 6.07) is 37.6. The van der Waals surface area contributed by atoms with Gasteiger partial charge in [-0.3, -0.25) is 0 Å². The van der Waals surface area contributed by atoms with Crippen LogP contribution >= 0.6 is 0 Å². The van der Waals surface area contributed by atoms with Crippen molar-refractivity contribution in [2.45, 2.75) is 0 Å². The molecule has 0 atom stereocenters. The normalized spacial score (nSPS) is 11.5. The number of rotatable bonds is 3. The highest BCUT2D eigenvalue weighted by Crippen LogP contribution is 2.36. The monoisotopic (exact) mass is 426 g/mol. The maximum absolute atomic E-state index is 2.33. The lowest BCUT2D eigenvalue weighted by atomic mass is 9.97. The highest BCUT2D eigenvalue weighted by atomic mass is 15.1. The Kier molecular flexibility index (Phi) is 4.48. The molecular formula is C31H26N2. The molecule has 6 rings (SSSR count). The van der Waals surface area contributed by atoms with Gasteiger partial charge in [-0.2, -0.15) is 0 Å². The second kappa shape index (κ2) is 7.53. The number of nitrogens with zero attached hydrogens (tertiary/aromatic N) is 2. The van der Waals surface area contributed by atoms with Gasteiger partial charge in [0.2, 0.25) is 0 Å². The predicted octanol–water partition coefficient (Wildman–Crippen LogP) is 7.88. The zero-order valence-electron chi connectivity index (χ0n) is 19.2. The number of aromatic nitrogens is 1. The Bertz CT molecular complexity index is 1650. The summed E-state index contributed by atoms with van der Waals surface area (Å²) in [4.78, 5) is 2.14. The molecule has 0 amide bonds. The zero-order chi connectivity index (χ0) is 22.5. The van der Waals surface area contributed by atoms with E-state index in [2.05, 4.69) is 134 Å². The number of hydrogen-bond acceptors (Lipinski definition) is 1. The van der Waals surface area contributed by atoms with Gasteiger partial charge in [-0.15, -0.1) is 0 Å². The summed E-state index contributed by atoms with van der Waals surface area (Å²) in [6.45, 7) is 0. The number of benzene rings is 5. The lowest BCUT2D eigenvalue weighted by Crippen LogP contribution is -2.08. The molecule has 0 spiro atoms. The third-order valence-electron chi connectivity index (χ3n) is 6.79. The smallest absolute Gasteiger partial charge is 0.0495 e. The van der Waals surface area contributed by atoms with E-state index in [1.54, 1.807) is 0 Å². The van der Waals surface area contributed by atoms with Crippen LogP contribution in [0.4, 0.5) is 5.69 Å². The van der Waals surface area contributed by atoms with Gasteiger partial charge in [0.1, 0.15) is 0 Å². The molecule has 0 aliphatic carbocycles. The Balaban J connectivity index is 1.51. The van der Waals surface area contributed by atoms with Gasteiger partial charge in [0.05, 0.1) is 0 Å². The van der Waals surface area contributed by atoms with Crippen molar-refractivity contribution in [3.8, 4) is 22.3 Å². The number of anilines is 1. The van der Waals surface area contributed by atoms with Gasteiger partial charge < -0.3 is 9.47 Å². The first-order valence-electron chi connectivity index (χ1n) is 11.4. The minimum Gasteiger partial charge on any atom is -0.378 e. The van der Waals surface area contributed by atoms with Crippen molar-refractivity contribution in [1.29, 1.82) is 0 Å². The molecule has 160 valence electrons. The molecule has 0 aliphatic rings. The largest absolute Gasteiger partial charge is 0.378 e. The average molecular weight is 427 g/mol.